The lowest BCUT2D eigenvalue weighted by Gasteiger charge is -2.08. The number of nitrogens with zero attached hydrogens (tertiary/aromatic N) is 3. The van der Waals surface area contributed by atoms with Gasteiger partial charge in [-0.1, -0.05) is 30.8 Å². The minimum Gasteiger partial charge on any atom is -0.497 e. The average molecular weight is 413 g/mol. The first-order valence-corrected chi connectivity index (χ1v) is 10.2. The second-order valence-corrected chi connectivity index (χ2v) is 7.25. The number of hydrogen-bond donors (Lipinski definition) is 1. The summed E-state index contributed by atoms with van der Waals surface area (Å²) in [5.41, 5.74) is 2.03. The molecular weight excluding hydrogens is 388 g/mol. The molecule has 3 rings (SSSR count). The quantitative estimate of drug-likeness (QED) is 0.540. The maximum absolute atomic E-state index is 12.2. The maximum atomic E-state index is 12.2. The molecule has 0 aliphatic carbocycles. The number of carbonyl (C=O) groups excluding carboxylic acids is 1. The zero-order chi connectivity index (χ0) is 20.6. The molecule has 0 radical (unpaired) electrons. The van der Waals surface area contributed by atoms with E-state index in [-0.39, 0.29) is 18.3 Å². The molecule has 1 amide bonds. The molecule has 0 fully saturated rings. The van der Waals surface area contributed by atoms with Crippen molar-refractivity contribution in [1.82, 2.24) is 14.8 Å². The maximum Gasteiger partial charge on any atom is 0.234 e. The molecule has 3 aromatic rings. The number of benzene rings is 2. The van der Waals surface area contributed by atoms with Crippen LogP contribution in [0.3, 0.4) is 0 Å². The van der Waals surface area contributed by atoms with Crippen LogP contribution >= 0.6 is 11.8 Å². The largest absolute Gasteiger partial charge is 0.497 e. The number of aromatic nitrogens is 3. The molecule has 0 spiro atoms. The van der Waals surface area contributed by atoms with E-state index >= 15 is 0 Å². The summed E-state index contributed by atoms with van der Waals surface area (Å²) in [7, 11) is 3.48. The molecule has 0 unspecified atom stereocenters. The molecule has 0 bridgehead atoms. The molecule has 1 aromatic heterocycles. The Kier molecular flexibility index (Phi) is 7.13. The number of amides is 1. The number of hydrogen-bond acceptors (Lipinski definition) is 6. The van der Waals surface area contributed by atoms with Crippen LogP contribution in [-0.2, 0) is 24.9 Å². The van der Waals surface area contributed by atoms with Crippen molar-refractivity contribution in [3.63, 3.8) is 0 Å². The van der Waals surface area contributed by atoms with Gasteiger partial charge in [0, 0.05) is 12.7 Å². The Morgan fingerprint density at radius 3 is 2.41 bits per heavy atom. The summed E-state index contributed by atoms with van der Waals surface area (Å²) in [4.78, 5) is 12.2. The van der Waals surface area contributed by atoms with Crippen LogP contribution in [0, 0.1) is 0 Å². The van der Waals surface area contributed by atoms with Crippen LogP contribution in [0.2, 0.25) is 0 Å². The van der Waals surface area contributed by atoms with Crippen molar-refractivity contribution < 1.29 is 14.3 Å². The minimum atomic E-state index is -0.0849. The van der Waals surface area contributed by atoms with Gasteiger partial charge in [0.25, 0.3) is 0 Å². The lowest BCUT2D eigenvalue weighted by Crippen LogP contribution is -2.14. The number of anilines is 1. The number of ether oxygens (including phenoxy) is 2. The van der Waals surface area contributed by atoms with Gasteiger partial charge in [-0.15, -0.1) is 10.2 Å². The van der Waals surface area contributed by atoms with Crippen LogP contribution in [0.15, 0.2) is 53.7 Å². The zero-order valence-corrected chi connectivity index (χ0v) is 17.5. The molecule has 0 saturated heterocycles. The van der Waals surface area contributed by atoms with E-state index in [1.807, 2.05) is 60.1 Å². The molecule has 0 aliphatic heterocycles. The van der Waals surface area contributed by atoms with Gasteiger partial charge in [0.1, 0.15) is 18.1 Å². The van der Waals surface area contributed by atoms with E-state index in [9.17, 15) is 4.79 Å². The predicted molar refractivity (Wildman–Crippen MR) is 114 cm³/mol. The van der Waals surface area contributed by atoms with Crippen LogP contribution in [0.5, 0.6) is 11.5 Å². The Balaban J connectivity index is 1.49. The fraction of sp³-hybridized carbons (Fsp3) is 0.286. The molecule has 8 heteroatoms. The summed E-state index contributed by atoms with van der Waals surface area (Å²) in [5.74, 6) is 2.34. The van der Waals surface area contributed by atoms with Gasteiger partial charge in [0.05, 0.1) is 12.9 Å². The lowest BCUT2D eigenvalue weighted by atomic mass is 10.1. The van der Waals surface area contributed by atoms with Gasteiger partial charge in [-0.3, -0.25) is 4.79 Å². The Labute approximate surface area is 174 Å². The Morgan fingerprint density at radius 1 is 1.07 bits per heavy atom. The van der Waals surface area contributed by atoms with Gasteiger partial charge in [0.2, 0.25) is 5.91 Å². The van der Waals surface area contributed by atoms with E-state index in [1.54, 1.807) is 7.11 Å². The standard InChI is InChI=1S/C21H24N4O3S/c1-4-15-5-7-16(8-6-15)22-20(26)14-29-21-24-23-19(25(21)2)13-28-18-11-9-17(27-3)10-12-18/h5-12H,4,13-14H2,1-3H3,(H,22,26). The zero-order valence-electron chi connectivity index (χ0n) is 16.7. The van der Waals surface area contributed by atoms with E-state index < -0.39 is 0 Å². The fourth-order valence-corrected chi connectivity index (χ4v) is 3.30. The van der Waals surface area contributed by atoms with E-state index in [0.717, 1.165) is 23.6 Å². The van der Waals surface area contributed by atoms with Crippen LogP contribution < -0.4 is 14.8 Å². The highest BCUT2D eigenvalue weighted by atomic mass is 32.2. The van der Waals surface area contributed by atoms with Crippen molar-refractivity contribution in [3.8, 4) is 11.5 Å². The Morgan fingerprint density at radius 2 is 1.76 bits per heavy atom. The van der Waals surface area contributed by atoms with Crippen molar-refractivity contribution in [2.45, 2.75) is 25.1 Å². The van der Waals surface area contributed by atoms with Gasteiger partial charge in [-0.05, 0) is 48.4 Å². The van der Waals surface area contributed by atoms with Crippen LogP contribution in [0.4, 0.5) is 5.69 Å². The molecule has 1 N–H and O–H groups in total. The fourth-order valence-electron chi connectivity index (χ4n) is 2.57. The van der Waals surface area contributed by atoms with E-state index in [1.165, 1.54) is 17.3 Å². The molecule has 0 aliphatic rings. The smallest absolute Gasteiger partial charge is 0.234 e. The van der Waals surface area contributed by atoms with Crippen molar-refractivity contribution in [2.75, 3.05) is 18.2 Å². The molecule has 1 heterocycles. The first kappa shape index (κ1) is 20.7. The average Bonchev–Trinajstić information content (AvgIpc) is 3.11. The van der Waals surface area contributed by atoms with Gasteiger partial charge in [-0.2, -0.15) is 0 Å². The molecule has 7 nitrogen and oxygen atoms in total. The SMILES string of the molecule is CCc1ccc(NC(=O)CSc2nnc(COc3ccc(OC)cc3)n2C)cc1. The number of methoxy groups -OCH3 is 1. The molecular formula is C21H24N4O3S. The van der Waals surface area contributed by atoms with Gasteiger partial charge < -0.3 is 19.4 Å². The van der Waals surface area contributed by atoms with Crippen LogP contribution in [0.25, 0.3) is 0 Å². The first-order chi connectivity index (χ1) is 14.1. The second-order valence-electron chi connectivity index (χ2n) is 6.31. The van der Waals surface area contributed by atoms with Crippen molar-refractivity contribution in [3.05, 3.63) is 59.9 Å². The number of aryl methyl sites for hydroxylation is 1. The third-order valence-electron chi connectivity index (χ3n) is 4.33. The second kappa shape index (κ2) is 9.97. The summed E-state index contributed by atoms with van der Waals surface area (Å²) in [6, 6.07) is 15.2. The van der Waals surface area contributed by atoms with Gasteiger partial charge >= 0.3 is 0 Å². The predicted octanol–water partition coefficient (Wildman–Crippen LogP) is 3.70. The molecule has 152 valence electrons. The monoisotopic (exact) mass is 412 g/mol. The summed E-state index contributed by atoms with van der Waals surface area (Å²) in [5, 5.41) is 11.9. The molecule has 29 heavy (non-hydrogen) atoms. The Hall–Kier alpha value is -3.00. The third-order valence-corrected chi connectivity index (χ3v) is 5.35. The number of rotatable bonds is 9. The summed E-state index contributed by atoms with van der Waals surface area (Å²) in [6.07, 6.45) is 0.973. The highest BCUT2D eigenvalue weighted by Gasteiger charge is 2.12. The summed E-state index contributed by atoms with van der Waals surface area (Å²) < 4.78 is 12.7. The third kappa shape index (κ3) is 5.74. The van der Waals surface area contributed by atoms with Gasteiger partial charge in [-0.25, -0.2) is 0 Å². The molecule has 2 aromatic carbocycles. The topological polar surface area (TPSA) is 78.3 Å². The lowest BCUT2D eigenvalue weighted by molar-refractivity contribution is -0.113. The van der Waals surface area contributed by atoms with Crippen molar-refractivity contribution in [1.29, 1.82) is 0 Å². The number of thioether (sulfide) groups is 1. The minimum absolute atomic E-state index is 0.0849. The van der Waals surface area contributed by atoms with Crippen molar-refractivity contribution >= 4 is 23.4 Å². The van der Waals surface area contributed by atoms with Crippen molar-refractivity contribution in [2.24, 2.45) is 7.05 Å². The highest BCUT2D eigenvalue weighted by Crippen LogP contribution is 2.20. The normalized spacial score (nSPS) is 10.6. The van der Waals surface area contributed by atoms with Crippen LogP contribution in [-0.4, -0.2) is 33.5 Å². The number of nitrogens with one attached hydrogen (secondary N) is 1. The Bertz CT molecular complexity index is 940. The summed E-state index contributed by atoms with van der Waals surface area (Å²) >= 11 is 1.33. The van der Waals surface area contributed by atoms with Gasteiger partial charge in [0.15, 0.2) is 11.0 Å². The molecule has 0 saturated carbocycles. The van der Waals surface area contributed by atoms with E-state index in [0.29, 0.717) is 11.0 Å². The van der Waals surface area contributed by atoms with E-state index in [2.05, 4.69) is 22.4 Å². The number of carbonyl (C=O) groups is 1. The van der Waals surface area contributed by atoms with Crippen LogP contribution in [0.1, 0.15) is 18.3 Å². The first-order valence-electron chi connectivity index (χ1n) is 9.25. The highest BCUT2D eigenvalue weighted by molar-refractivity contribution is 7.99. The van der Waals surface area contributed by atoms with E-state index in [4.69, 9.17) is 9.47 Å². The summed E-state index contributed by atoms with van der Waals surface area (Å²) in [6.45, 7) is 2.38. The molecule has 0 atom stereocenters.